The van der Waals surface area contributed by atoms with Gasteiger partial charge < -0.3 is 4.90 Å². The van der Waals surface area contributed by atoms with Gasteiger partial charge in [-0.25, -0.2) is 4.90 Å². The van der Waals surface area contributed by atoms with Gasteiger partial charge in [0.1, 0.15) is 6.04 Å². The van der Waals surface area contributed by atoms with Gasteiger partial charge in [-0.05, 0) is 36.4 Å². The van der Waals surface area contributed by atoms with Crippen molar-refractivity contribution < 1.29 is 20.5 Å². The standard InChI is InChI=1S/C27H22N4O4/c1-29-19-13-8-14-28-23(19)21(18-15-20(32)30(25(18)33)16-9-4-2-5-10-16)22-24(29)27(35)31(26(22)34)17-11-6-3-7-12-17/h2-14,18,21-22,24H,15H2,1H3/t18?,21-,22+,24-/m0/s1/i21D. The number of hydrogen-bond acceptors (Lipinski definition) is 6. The van der Waals surface area contributed by atoms with Crippen LogP contribution >= 0.6 is 0 Å². The lowest BCUT2D eigenvalue weighted by molar-refractivity contribution is -0.124. The molecule has 0 bridgehead atoms. The van der Waals surface area contributed by atoms with Crippen molar-refractivity contribution in [2.24, 2.45) is 11.8 Å². The normalized spacial score (nSPS) is 28.3. The second-order valence-electron chi connectivity index (χ2n) is 8.87. The lowest BCUT2D eigenvalue weighted by Gasteiger charge is -2.40. The third-order valence-corrected chi connectivity index (χ3v) is 7.02. The predicted molar refractivity (Wildman–Crippen MR) is 129 cm³/mol. The third kappa shape index (κ3) is 3.02. The van der Waals surface area contributed by atoms with Crippen LogP contribution < -0.4 is 14.7 Å². The van der Waals surface area contributed by atoms with E-state index in [2.05, 4.69) is 4.98 Å². The lowest BCUT2D eigenvalue weighted by atomic mass is 9.72. The van der Waals surface area contributed by atoms with Crippen LogP contribution in [-0.4, -0.2) is 41.7 Å². The van der Waals surface area contributed by atoms with E-state index in [1.54, 1.807) is 84.7 Å². The molecule has 4 atom stereocenters. The highest BCUT2D eigenvalue weighted by Crippen LogP contribution is 2.51. The average molecular weight is 468 g/mol. The van der Waals surface area contributed by atoms with Crippen molar-refractivity contribution in [1.29, 1.82) is 0 Å². The number of pyridine rings is 1. The Morgan fingerprint density at radius 2 is 1.43 bits per heavy atom. The molecule has 35 heavy (non-hydrogen) atoms. The average Bonchev–Trinajstić information content (AvgIpc) is 3.35. The van der Waals surface area contributed by atoms with E-state index < -0.39 is 47.4 Å². The van der Waals surface area contributed by atoms with Crippen molar-refractivity contribution in [1.82, 2.24) is 4.98 Å². The van der Waals surface area contributed by atoms with E-state index in [0.717, 1.165) is 9.80 Å². The highest BCUT2D eigenvalue weighted by Gasteiger charge is 2.61. The molecule has 3 aliphatic heterocycles. The van der Waals surface area contributed by atoms with Crippen molar-refractivity contribution >= 4 is 40.7 Å². The molecule has 2 aromatic carbocycles. The highest BCUT2D eigenvalue weighted by molar-refractivity contribution is 6.26. The zero-order valence-electron chi connectivity index (χ0n) is 19.9. The molecular formula is C27H22N4O4. The summed E-state index contributed by atoms with van der Waals surface area (Å²) in [4.78, 5) is 62.8. The fraction of sp³-hybridized carbons (Fsp3) is 0.222. The summed E-state index contributed by atoms with van der Waals surface area (Å²) in [7, 11) is 1.69. The van der Waals surface area contributed by atoms with Gasteiger partial charge in [0, 0.05) is 26.9 Å². The molecule has 0 aliphatic carbocycles. The van der Waals surface area contributed by atoms with E-state index in [9.17, 15) is 20.5 Å². The number of nitrogens with zero attached hydrogens (tertiary/aromatic N) is 4. The molecule has 0 saturated carbocycles. The van der Waals surface area contributed by atoms with Crippen molar-refractivity contribution in [3.05, 3.63) is 84.7 Å². The first-order valence-electron chi connectivity index (χ1n) is 11.9. The van der Waals surface area contributed by atoms with Crippen LogP contribution in [-0.2, 0) is 19.2 Å². The number of para-hydroxylation sites is 2. The summed E-state index contributed by atoms with van der Waals surface area (Å²) in [6, 6.07) is 19.5. The molecule has 8 heteroatoms. The van der Waals surface area contributed by atoms with Gasteiger partial charge in [-0.3, -0.25) is 29.1 Å². The Hall–Kier alpha value is -4.33. The largest absolute Gasteiger partial charge is 0.360 e. The Labute approximate surface area is 203 Å². The number of likely N-dealkylation sites (N-methyl/N-ethyl adjacent to an activating group) is 1. The van der Waals surface area contributed by atoms with Crippen molar-refractivity contribution in [2.45, 2.75) is 18.4 Å². The summed E-state index contributed by atoms with van der Waals surface area (Å²) in [6.07, 6.45) is 1.25. The predicted octanol–water partition coefficient (Wildman–Crippen LogP) is 2.75. The van der Waals surface area contributed by atoms with E-state index in [1.165, 1.54) is 6.20 Å². The minimum atomic E-state index is -1.93. The molecular weight excluding hydrogens is 444 g/mol. The topological polar surface area (TPSA) is 90.9 Å². The van der Waals surface area contributed by atoms with Crippen LogP contribution in [0.4, 0.5) is 17.1 Å². The summed E-state index contributed by atoms with van der Waals surface area (Å²) in [6.45, 7) is 0. The fourth-order valence-corrected chi connectivity index (χ4v) is 5.49. The van der Waals surface area contributed by atoms with Crippen LogP contribution in [0.1, 0.15) is 19.4 Å². The molecule has 2 saturated heterocycles. The van der Waals surface area contributed by atoms with Gasteiger partial charge in [-0.15, -0.1) is 0 Å². The lowest BCUT2D eigenvalue weighted by Crippen LogP contribution is -2.50. The number of fused-ring (bicyclic) bond motifs is 2. The van der Waals surface area contributed by atoms with Gasteiger partial charge in [0.05, 0.1) is 34.6 Å². The molecule has 174 valence electrons. The number of anilines is 3. The van der Waals surface area contributed by atoms with Crippen LogP contribution in [0.15, 0.2) is 79.0 Å². The maximum Gasteiger partial charge on any atom is 0.257 e. The zero-order valence-corrected chi connectivity index (χ0v) is 18.9. The summed E-state index contributed by atoms with van der Waals surface area (Å²) < 4.78 is 9.77. The van der Waals surface area contributed by atoms with E-state index in [0.29, 0.717) is 17.1 Å². The SMILES string of the molecule is [2H][C@@]1(C2CC(=O)N(c3ccccc3)C2=O)c2ncccc2N(C)[C@@H]2C(=O)N(c3ccccc3)C(=O)[C@@H]21. The van der Waals surface area contributed by atoms with E-state index in [-0.39, 0.29) is 12.1 Å². The summed E-state index contributed by atoms with van der Waals surface area (Å²) in [5.74, 6) is -6.41. The number of carbonyl (C=O) groups is 4. The second kappa shape index (κ2) is 7.87. The molecule has 4 heterocycles. The number of rotatable bonds is 3. The Kier molecular flexibility index (Phi) is 4.51. The summed E-state index contributed by atoms with van der Waals surface area (Å²) >= 11 is 0. The Bertz CT molecular complexity index is 1420. The maximum atomic E-state index is 13.9. The fourth-order valence-electron chi connectivity index (χ4n) is 5.49. The van der Waals surface area contributed by atoms with Gasteiger partial charge >= 0.3 is 0 Å². The van der Waals surface area contributed by atoms with E-state index >= 15 is 0 Å². The molecule has 3 aliphatic rings. The van der Waals surface area contributed by atoms with Crippen molar-refractivity contribution in [3.8, 4) is 0 Å². The number of hydrogen-bond donors (Lipinski definition) is 0. The minimum Gasteiger partial charge on any atom is -0.360 e. The van der Waals surface area contributed by atoms with Crippen LogP contribution in [0.3, 0.4) is 0 Å². The zero-order chi connectivity index (χ0) is 25.2. The molecule has 6 rings (SSSR count). The smallest absolute Gasteiger partial charge is 0.257 e. The van der Waals surface area contributed by atoms with Gasteiger partial charge in [-0.1, -0.05) is 36.4 Å². The first-order valence-corrected chi connectivity index (χ1v) is 11.4. The molecule has 4 amide bonds. The number of benzene rings is 2. The molecule has 8 nitrogen and oxygen atoms in total. The first-order chi connectivity index (χ1) is 17.4. The van der Waals surface area contributed by atoms with Gasteiger partial charge in [0.25, 0.3) is 5.91 Å². The number of carbonyl (C=O) groups excluding carboxylic acids is 4. The van der Waals surface area contributed by atoms with Gasteiger partial charge in [0.15, 0.2) is 0 Å². The molecule has 0 N–H and O–H groups in total. The van der Waals surface area contributed by atoms with Crippen LogP contribution in [0, 0.1) is 11.8 Å². The summed E-state index contributed by atoms with van der Waals surface area (Å²) in [5, 5.41) is 0. The van der Waals surface area contributed by atoms with Gasteiger partial charge in [-0.2, -0.15) is 0 Å². The van der Waals surface area contributed by atoms with E-state index in [4.69, 9.17) is 0 Å². The van der Waals surface area contributed by atoms with Crippen LogP contribution in [0.5, 0.6) is 0 Å². The molecule has 1 aromatic heterocycles. The number of imide groups is 2. The highest BCUT2D eigenvalue weighted by atomic mass is 16.2. The molecule has 0 spiro atoms. The minimum absolute atomic E-state index is 0.214. The second-order valence-corrected chi connectivity index (χ2v) is 8.87. The Balaban J connectivity index is 1.52. The molecule has 1 unspecified atom stereocenters. The van der Waals surface area contributed by atoms with Crippen LogP contribution in [0.2, 0.25) is 0 Å². The Morgan fingerprint density at radius 3 is 2.09 bits per heavy atom. The molecule has 0 radical (unpaired) electrons. The monoisotopic (exact) mass is 467 g/mol. The number of amides is 4. The first kappa shape index (κ1) is 20.1. The van der Waals surface area contributed by atoms with E-state index in [1.807, 2.05) is 0 Å². The van der Waals surface area contributed by atoms with Crippen LogP contribution in [0.25, 0.3) is 0 Å². The molecule has 3 aromatic rings. The quantitative estimate of drug-likeness (QED) is 0.550. The maximum absolute atomic E-state index is 13.9. The van der Waals surface area contributed by atoms with Crippen molar-refractivity contribution in [3.63, 3.8) is 0 Å². The number of aromatic nitrogens is 1. The van der Waals surface area contributed by atoms with Crippen molar-refractivity contribution in [2.75, 3.05) is 21.7 Å². The third-order valence-electron chi connectivity index (χ3n) is 7.02. The Morgan fingerprint density at radius 1 is 0.800 bits per heavy atom. The molecule has 2 fully saturated rings. The van der Waals surface area contributed by atoms with Gasteiger partial charge in [0.2, 0.25) is 17.7 Å². The summed E-state index contributed by atoms with van der Waals surface area (Å²) in [5.41, 5.74) is 1.51.